The second-order valence-electron chi connectivity index (χ2n) is 7.02. The number of aromatic amines is 1. The van der Waals surface area contributed by atoms with Crippen LogP contribution >= 0.6 is 0 Å². The van der Waals surface area contributed by atoms with Crippen LogP contribution < -0.4 is 15.0 Å². The largest absolute Gasteiger partial charge is 0.454 e. The van der Waals surface area contributed by atoms with Gasteiger partial charge in [0.15, 0.2) is 23.2 Å². The maximum atomic E-state index is 10.8. The zero-order valence-corrected chi connectivity index (χ0v) is 15.9. The van der Waals surface area contributed by atoms with Gasteiger partial charge in [0.25, 0.3) is 0 Å². The van der Waals surface area contributed by atoms with Crippen molar-refractivity contribution in [1.29, 1.82) is 0 Å². The van der Waals surface area contributed by atoms with E-state index in [1.54, 1.807) is 35.0 Å². The number of H-pyrrole nitrogens is 1. The Balaban J connectivity index is 1.46. The van der Waals surface area contributed by atoms with Gasteiger partial charge in [0.2, 0.25) is 6.79 Å². The third-order valence-corrected chi connectivity index (χ3v) is 5.31. The lowest BCUT2D eigenvalue weighted by atomic mass is 9.99. The first kappa shape index (κ1) is 18.9. The summed E-state index contributed by atoms with van der Waals surface area (Å²) in [6.45, 7) is 0.112. The number of nitrogens with zero attached hydrogens (tertiary/aromatic N) is 3. The topological polar surface area (TPSA) is 144 Å². The molecule has 1 aromatic carbocycles. The molecule has 11 nitrogen and oxygen atoms in total. The van der Waals surface area contributed by atoms with E-state index in [4.69, 9.17) is 19.0 Å². The number of hydrogen-bond acceptors (Lipinski definition) is 9. The molecule has 0 saturated carbocycles. The molecule has 30 heavy (non-hydrogen) atoms. The molecular formula is C19H20N4O7. The van der Waals surface area contributed by atoms with Crippen LogP contribution in [-0.2, 0) is 9.57 Å². The number of ether oxygens (including phenoxy) is 3. The number of aliphatic hydroxyl groups is 3. The molecule has 4 heterocycles. The second-order valence-corrected chi connectivity index (χ2v) is 7.02. The molecule has 2 aliphatic heterocycles. The van der Waals surface area contributed by atoms with Crippen LogP contribution in [0.15, 0.2) is 41.9 Å². The summed E-state index contributed by atoms with van der Waals surface area (Å²) in [6.07, 6.45) is -2.74. The Bertz CT molecular complexity index is 1140. The van der Waals surface area contributed by atoms with Gasteiger partial charge < -0.3 is 43.9 Å². The Labute approximate surface area is 169 Å². The smallest absolute Gasteiger partial charge is 0.231 e. The fourth-order valence-corrected chi connectivity index (χ4v) is 3.83. The molecule has 1 fully saturated rings. The minimum Gasteiger partial charge on any atom is -0.454 e. The van der Waals surface area contributed by atoms with E-state index in [1.807, 2.05) is 0 Å². The highest BCUT2D eigenvalue weighted by molar-refractivity contribution is 5.74. The summed E-state index contributed by atoms with van der Waals surface area (Å²) < 4.78 is 18.1. The minimum atomic E-state index is -1.33. The van der Waals surface area contributed by atoms with E-state index < -0.39 is 30.6 Å². The van der Waals surface area contributed by atoms with Crippen LogP contribution in [0.2, 0.25) is 0 Å². The number of aliphatic hydroxyl groups excluding tert-OH is 3. The van der Waals surface area contributed by atoms with Crippen molar-refractivity contribution < 1.29 is 34.4 Å². The molecule has 5 rings (SSSR count). The summed E-state index contributed by atoms with van der Waals surface area (Å²) in [7, 11) is 1.43. The SMILES string of the molecule is CON=c1[nH]cnc2c1ccn2[C@@H]1O[C@H]([C@H](O)c2ccc3c(c2)OCO3)[C@@H](O)[C@H]1O. The van der Waals surface area contributed by atoms with Gasteiger partial charge in [0.05, 0.1) is 11.7 Å². The molecule has 158 valence electrons. The lowest BCUT2D eigenvalue weighted by molar-refractivity contribution is -0.0848. The molecule has 0 amide bonds. The van der Waals surface area contributed by atoms with Crippen molar-refractivity contribution in [2.24, 2.45) is 5.16 Å². The molecular weight excluding hydrogens is 396 g/mol. The quantitative estimate of drug-likeness (QED) is 0.432. The van der Waals surface area contributed by atoms with Crippen LogP contribution in [0.4, 0.5) is 0 Å². The minimum absolute atomic E-state index is 0.112. The van der Waals surface area contributed by atoms with Gasteiger partial charge in [-0.25, -0.2) is 4.98 Å². The first-order valence-electron chi connectivity index (χ1n) is 9.29. The Kier molecular flexibility index (Phi) is 4.59. The van der Waals surface area contributed by atoms with Gasteiger partial charge in [0, 0.05) is 6.20 Å². The molecule has 11 heteroatoms. The van der Waals surface area contributed by atoms with Crippen LogP contribution in [0.5, 0.6) is 11.5 Å². The van der Waals surface area contributed by atoms with Crippen LogP contribution in [-0.4, -0.2) is 62.1 Å². The number of aromatic nitrogens is 3. The van der Waals surface area contributed by atoms with Crippen molar-refractivity contribution in [2.45, 2.75) is 30.6 Å². The molecule has 0 aliphatic carbocycles. The number of benzene rings is 1. The fourth-order valence-electron chi connectivity index (χ4n) is 3.83. The lowest BCUT2D eigenvalue weighted by Gasteiger charge is -2.21. The van der Waals surface area contributed by atoms with Crippen molar-refractivity contribution in [2.75, 3.05) is 13.9 Å². The van der Waals surface area contributed by atoms with E-state index in [0.29, 0.717) is 33.6 Å². The van der Waals surface area contributed by atoms with E-state index in [0.717, 1.165) is 0 Å². The average Bonchev–Trinajstić information content (AvgIpc) is 3.46. The predicted octanol–water partition coefficient (Wildman–Crippen LogP) is -0.0920. The van der Waals surface area contributed by atoms with Gasteiger partial charge >= 0.3 is 0 Å². The van der Waals surface area contributed by atoms with E-state index >= 15 is 0 Å². The normalized spacial score (nSPS) is 27.0. The van der Waals surface area contributed by atoms with Crippen LogP contribution in [0.3, 0.4) is 0 Å². The first-order valence-corrected chi connectivity index (χ1v) is 9.29. The van der Waals surface area contributed by atoms with Gasteiger partial charge in [-0.2, -0.15) is 0 Å². The van der Waals surface area contributed by atoms with Crippen LogP contribution in [0.25, 0.3) is 11.0 Å². The number of rotatable bonds is 4. The zero-order valence-electron chi connectivity index (χ0n) is 15.9. The van der Waals surface area contributed by atoms with Crippen molar-refractivity contribution >= 4 is 11.0 Å². The second kappa shape index (κ2) is 7.29. The van der Waals surface area contributed by atoms with Crippen LogP contribution in [0, 0.1) is 0 Å². The summed E-state index contributed by atoms with van der Waals surface area (Å²) in [5, 5.41) is 36.6. The van der Waals surface area contributed by atoms with E-state index in [1.165, 1.54) is 13.4 Å². The molecule has 0 radical (unpaired) electrons. The van der Waals surface area contributed by atoms with E-state index in [9.17, 15) is 15.3 Å². The monoisotopic (exact) mass is 416 g/mol. The summed E-state index contributed by atoms with van der Waals surface area (Å²) in [5.41, 5.74) is 1.40. The van der Waals surface area contributed by atoms with Crippen molar-refractivity contribution in [1.82, 2.24) is 14.5 Å². The highest BCUT2D eigenvalue weighted by Crippen LogP contribution is 2.40. The van der Waals surface area contributed by atoms with Gasteiger partial charge in [-0.3, -0.25) is 0 Å². The maximum Gasteiger partial charge on any atom is 0.231 e. The Hall–Kier alpha value is -3.12. The number of hydrogen-bond donors (Lipinski definition) is 4. The van der Waals surface area contributed by atoms with Crippen LogP contribution in [0.1, 0.15) is 17.9 Å². The summed E-state index contributed by atoms with van der Waals surface area (Å²) in [6, 6.07) is 6.70. The Morgan fingerprint density at radius 1 is 1.23 bits per heavy atom. The third kappa shape index (κ3) is 2.91. The molecule has 1 saturated heterocycles. The van der Waals surface area contributed by atoms with Crippen molar-refractivity contribution in [3.05, 3.63) is 47.8 Å². The molecule has 0 spiro atoms. The van der Waals surface area contributed by atoms with Crippen molar-refractivity contribution in [3.63, 3.8) is 0 Å². The lowest BCUT2D eigenvalue weighted by Crippen LogP contribution is -2.34. The molecule has 2 aromatic heterocycles. The van der Waals surface area contributed by atoms with Gasteiger partial charge in [0.1, 0.15) is 37.2 Å². The molecule has 5 atom stereocenters. The molecule has 0 unspecified atom stereocenters. The van der Waals surface area contributed by atoms with E-state index in [2.05, 4.69) is 15.1 Å². The molecule has 4 N–H and O–H groups in total. The summed E-state index contributed by atoms with van der Waals surface area (Å²) >= 11 is 0. The Morgan fingerprint density at radius 3 is 2.90 bits per heavy atom. The molecule has 3 aromatic rings. The zero-order chi connectivity index (χ0) is 20.8. The molecule has 2 aliphatic rings. The van der Waals surface area contributed by atoms with E-state index in [-0.39, 0.29) is 6.79 Å². The van der Waals surface area contributed by atoms with Crippen molar-refractivity contribution in [3.8, 4) is 11.5 Å². The molecule has 0 bridgehead atoms. The summed E-state index contributed by atoms with van der Waals surface area (Å²) in [4.78, 5) is 12.0. The van der Waals surface area contributed by atoms with Gasteiger partial charge in [-0.1, -0.05) is 11.2 Å². The Morgan fingerprint density at radius 2 is 2.07 bits per heavy atom. The summed E-state index contributed by atoms with van der Waals surface area (Å²) in [5.74, 6) is 1.08. The predicted molar refractivity (Wildman–Crippen MR) is 100 cm³/mol. The van der Waals surface area contributed by atoms with Gasteiger partial charge in [-0.05, 0) is 23.8 Å². The highest BCUT2D eigenvalue weighted by atomic mass is 16.7. The third-order valence-electron chi connectivity index (χ3n) is 5.31. The fraction of sp³-hybridized carbons (Fsp3) is 0.368. The first-order chi connectivity index (χ1) is 14.6. The van der Waals surface area contributed by atoms with Gasteiger partial charge in [-0.15, -0.1) is 0 Å². The number of fused-ring (bicyclic) bond motifs is 2. The average molecular weight is 416 g/mol. The highest BCUT2D eigenvalue weighted by Gasteiger charge is 2.47. The standard InChI is InChI=1S/C19H20N4O7/c1-27-22-17-10-4-5-23(18(10)21-7-20-17)19-15(26)14(25)16(30-19)13(24)9-2-3-11-12(6-9)29-8-28-11/h2-7,13-16,19,24-26H,8H2,1H3,(H,20,21,22)/t13-,14+,15-,16-,19-/m1/s1. The number of nitrogens with one attached hydrogen (secondary N) is 1. The maximum absolute atomic E-state index is 10.8.